The summed E-state index contributed by atoms with van der Waals surface area (Å²) in [6.07, 6.45) is 5.83. The molecule has 1 unspecified atom stereocenters. The van der Waals surface area contributed by atoms with Gasteiger partial charge in [0.25, 0.3) is 0 Å². The summed E-state index contributed by atoms with van der Waals surface area (Å²) in [5.74, 6) is 1.12. The van der Waals surface area contributed by atoms with Gasteiger partial charge >= 0.3 is 0 Å². The first-order valence-electron chi connectivity index (χ1n) is 11.6. The minimum atomic E-state index is 0.187. The summed E-state index contributed by atoms with van der Waals surface area (Å²) in [5.41, 5.74) is 4.29. The minimum absolute atomic E-state index is 0.187. The average molecular weight is 448 g/mol. The summed E-state index contributed by atoms with van der Waals surface area (Å²) >= 11 is 0. The Balaban J connectivity index is 1.31. The molecular formula is C24H29N7O2. The summed E-state index contributed by atoms with van der Waals surface area (Å²) in [6, 6.07) is 8.96. The van der Waals surface area contributed by atoms with Crippen LogP contribution in [0.15, 0.2) is 36.7 Å². The molecule has 5 heterocycles. The highest BCUT2D eigenvalue weighted by atomic mass is 16.5. The first kappa shape index (κ1) is 20.4. The Kier molecular flexibility index (Phi) is 4.95. The first-order valence-corrected chi connectivity index (χ1v) is 11.6. The van der Waals surface area contributed by atoms with Gasteiger partial charge in [0.1, 0.15) is 5.75 Å². The van der Waals surface area contributed by atoms with Gasteiger partial charge in [-0.05, 0) is 36.6 Å². The number of aromatic nitrogens is 4. The maximum Gasteiger partial charge on any atom is 0.175 e. The predicted octanol–water partition coefficient (Wildman–Crippen LogP) is 2.03. The van der Waals surface area contributed by atoms with Crippen LogP contribution in [0.4, 0.5) is 11.5 Å². The van der Waals surface area contributed by atoms with Crippen molar-refractivity contribution in [3.63, 3.8) is 0 Å². The zero-order valence-corrected chi connectivity index (χ0v) is 19.0. The number of hydrogen-bond donors (Lipinski definition) is 2. The molecule has 0 amide bonds. The molecule has 0 spiro atoms. The SMILES string of the molecule is CN1CCN(C2C[C@H]3COC[C@@H](C2)N3)c2nnc(-c3ccc(-c4cnn(C)c4)cc3O)cc21. The topological polar surface area (TPSA) is 91.6 Å². The average Bonchev–Trinajstić information content (AvgIpc) is 3.25. The fourth-order valence-corrected chi connectivity index (χ4v) is 5.39. The number of likely N-dealkylation sites (N-methyl/N-ethyl adjacent to an activating group) is 1. The van der Waals surface area contributed by atoms with Crippen LogP contribution in [0.2, 0.25) is 0 Å². The van der Waals surface area contributed by atoms with Crippen LogP contribution in [-0.2, 0) is 11.8 Å². The molecule has 2 fully saturated rings. The van der Waals surface area contributed by atoms with Crippen molar-refractivity contribution in [2.24, 2.45) is 7.05 Å². The molecule has 33 heavy (non-hydrogen) atoms. The number of piperidine rings is 1. The third-order valence-corrected chi connectivity index (χ3v) is 7.09. The Bertz CT molecular complexity index is 1170. The highest BCUT2D eigenvalue weighted by Gasteiger charge is 2.37. The molecule has 3 atom stereocenters. The van der Waals surface area contributed by atoms with Crippen LogP contribution in [0.3, 0.4) is 0 Å². The van der Waals surface area contributed by atoms with Gasteiger partial charge in [0.2, 0.25) is 0 Å². The third-order valence-electron chi connectivity index (χ3n) is 7.09. The highest BCUT2D eigenvalue weighted by Crippen LogP contribution is 2.39. The van der Waals surface area contributed by atoms with E-state index in [9.17, 15) is 5.11 Å². The van der Waals surface area contributed by atoms with Gasteiger partial charge in [-0.15, -0.1) is 10.2 Å². The quantitative estimate of drug-likeness (QED) is 0.630. The van der Waals surface area contributed by atoms with E-state index in [1.165, 1.54) is 0 Å². The molecule has 0 aliphatic carbocycles. The van der Waals surface area contributed by atoms with E-state index in [1.807, 2.05) is 25.4 Å². The second kappa shape index (κ2) is 8.00. The summed E-state index contributed by atoms with van der Waals surface area (Å²) in [5, 5.41) is 27.9. The largest absolute Gasteiger partial charge is 0.507 e. The first-order chi connectivity index (χ1) is 16.0. The van der Waals surface area contributed by atoms with Gasteiger partial charge in [0.15, 0.2) is 5.82 Å². The zero-order chi connectivity index (χ0) is 22.5. The van der Waals surface area contributed by atoms with E-state index in [0.29, 0.717) is 29.4 Å². The smallest absolute Gasteiger partial charge is 0.175 e. The number of aryl methyl sites for hydroxylation is 1. The Hall–Kier alpha value is -3.17. The number of anilines is 2. The molecular weight excluding hydrogens is 418 g/mol. The Morgan fingerprint density at radius 3 is 2.58 bits per heavy atom. The van der Waals surface area contributed by atoms with Crippen molar-refractivity contribution in [1.29, 1.82) is 0 Å². The van der Waals surface area contributed by atoms with Gasteiger partial charge in [0, 0.05) is 62.6 Å². The number of phenolic OH excluding ortho intramolecular Hbond substituents is 1. The van der Waals surface area contributed by atoms with Gasteiger partial charge in [0.05, 0.1) is 30.8 Å². The van der Waals surface area contributed by atoms with Gasteiger partial charge in [-0.2, -0.15) is 5.10 Å². The fourth-order valence-electron chi connectivity index (χ4n) is 5.39. The van der Waals surface area contributed by atoms with Gasteiger partial charge in [-0.1, -0.05) is 6.07 Å². The summed E-state index contributed by atoms with van der Waals surface area (Å²) < 4.78 is 7.48. The lowest BCUT2D eigenvalue weighted by molar-refractivity contribution is 0.0178. The molecule has 0 saturated carbocycles. The number of morpholine rings is 1. The number of aromatic hydroxyl groups is 1. The monoisotopic (exact) mass is 447 g/mol. The second-order valence-electron chi connectivity index (χ2n) is 9.41. The molecule has 172 valence electrons. The Labute approximate surface area is 193 Å². The van der Waals surface area contributed by atoms with Crippen LogP contribution in [0, 0.1) is 0 Å². The number of rotatable bonds is 3. The lowest BCUT2D eigenvalue weighted by atomic mass is 9.91. The molecule has 3 aliphatic heterocycles. The van der Waals surface area contributed by atoms with E-state index in [0.717, 1.165) is 61.8 Å². The van der Waals surface area contributed by atoms with Crippen molar-refractivity contribution in [3.05, 3.63) is 36.7 Å². The number of benzene rings is 1. The molecule has 9 heteroatoms. The summed E-state index contributed by atoms with van der Waals surface area (Å²) in [6.45, 7) is 3.44. The van der Waals surface area contributed by atoms with E-state index >= 15 is 0 Å². The Morgan fingerprint density at radius 2 is 1.85 bits per heavy atom. The predicted molar refractivity (Wildman–Crippen MR) is 127 cm³/mol. The van der Waals surface area contributed by atoms with Crippen LogP contribution in [0.5, 0.6) is 5.75 Å². The summed E-state index contributed by atoms with van der Waals surface area (Å²) in [4.78, 5) is 4.67. The standard InChI is InChI=1S/C24H29N7O2/c1-29-5-6-31(19-8-17-13-33-14-18(9-19)26-17)24-22(29)10-21(27-28-24)20-4-3-15(7-23(20)32)16-11-25-30(2)12-16/h3-4,7,10-12,17-19,26,32H,5-6,8-9,13-14H2,1-2H3/t17-,18+,19?. The van der Waals surface area contributed by atoms with Crippen molar-refractivity contribution in [2.75, 3.05) is 43.2 Å². The third kappa shape index (κ3) is 3.71. The minimum Gasteiger partial charge on any atom is -0.507 e. The molecule has 2 aromatic heterocycles. The van der Waals surface area contributed by atoms with Crippen LogP contribution >= 0.6 is 0 Å². The number of hydrogen-bond acceptors (Lipinski definition) is 8. The van der Waals surface area contributed by atoms with Crippen molar-refractivity contribution in [1.82, 2.24) is 25.3 Å². The van der Waals surface area contributed by atoms with Crippen LogP contribution in [0.25, 0.3) is 22.4 Å². The lowest BCUT2D eigenvalue weighted by Crippen LogP contribution is -2.60. The van der Waals surface area contributed by atoms with E-state index in [-0.39, 0.29) is 5.75 Å². The van der Waals surface area contributed by atoms with E-state index < -0.39 is 0 Å². The van der Waals surface area contributed by atoms with Crippen LogP contribution in [-0.4, -0.2) is 76.6 Å². The second-order valence-corrected chi connectivity index (χ2v) is 9.41. The normalized spacial score (nSPS) is 24.6. The van der Waals surface area contributed by atoms with Gasteiger partial charge in [-0.3, -0.25) is 4.68 Å². The number of fused-ring (bicyclic) bond motifs is 3. The fraction of sp³-hybridized carbons (Fsp3) is 0.458. The maximum absolute atomic E-state index is 10.8. The maximum atomic E-state index is 10.8. The number of nitrogens with zero attached hydrogens (tertiary/aromatic N) is 6. The van der Waals surface area contributed by atoms with Crippen LogP contribution < -0.4 is 15.1 Å². The van der Waals surface area contributed by atoms with Crippen molar-refractivity contribution >= 4 is 11.5 Å². The summed E-state index contributed by atoms with van der Waals surface area (Å²) in [7, 11) is 3.97. The van der Waals surface area contributed by atoms with Crippen molar-refractivity contribution in [2.45, 2.75) is 31.0 Å². The number of nitrogens with one attached hydrogen (secondary N) is 1. The molecule has 1 aromatic carbocycles. The van der Waals surface area contributed by atoms with E-state index in [2.05, 4.69) is 43.5 Å². The van der Waals surface area contributed by atoms with E-state index in [1.54, 1.807) is 16.9 Å². The number of ether oxygens (including phenoxy) is 1. The Morgan fingerprint density at radius 1 is 1.03 bits per heavy atom. The highest BCUT2D eigenvalue weighted by molar-refractivity contribution is 5.79. The molecule has 0 radical (unpaired) electrons. The van der Waals surface area contributed by atoms with Crippen molar-refractivity contribution < 1.29 is 9.84 Å². The van der Waals surface area contributed by atoms with Crippen molar-refractivity contribution in [3.8, 4) is 28.1 Å². The molecule has 3 aliphatic rings. The zero-order valence-electron chi connectivity index (χ0n) is 19.0. The molecule has 3 aromatic rings. The molecule has 6 rings (SSSR count). The lowest BCUT2D eigenvalue weighted by Gasteiger charge is -2.47. The van der Waals surface area contributed by atoms with Gasteiger partial charge in [-0.25, -0.2) is 0 Å². The van der Waals surface area contributed by atoms with Crippen LogP contribution in [0.1, 0.15) is 12.8 Å². The molecule has 2 N–H and O–H groups in total. The number of phenols is 1. The molecule has 2 saturated heterocycles. The van der Waals surface area contributed by atoms with E-state index in [4.69, 9.17) is 4.74 Å². The molecule has 2 bridgehead atoms. The molecule has 9 nitrogen and oxygen atoms in total. The van der Waals surface area contributed by atoms with Gasteiger partial charge < -0.3 is 25.0 Å².